The van der Waals surface area contributed by atoms with E-state index in [0.717, 1.165) is 37.4 Å². The second kappa shape index (κ2) is 6.46. The Morgan fingerprint density at radius 3 is 3.00 bits per heavy atom. The molecule has 0 saturated carbocycles. The first kappa shape index (κ1) is 15.1. The van der Waals surface area contributed by atoms with Crippen molar-refractivity contribution in [3.63, 3.8) is 0 Å². The zero-order valence-electron chi connectivity index (χ0n) is 11.7. The number of rotatable bonds is 1. The van der Waals surface area contributed by atoms with E-state index in [0.29, 0.717) is 6.61 Å². The summed E-state index contributed by atoms with van der Waals surface area (Å²) in [5, 5.41) is 3.32. The summed E-state index contributed by atoms with van der Waals surface area (Å²) in [6.07, 6.45) is 0.784. The molecule has 110 valence electrons. The molecule has 1 amide bonds. The van der Waals surface area contributed by atoms with Crippen molar-refractivity contribution in [1.82, 2.24) is 10.2 Å². The summed E-state index contributed by atoms with van der Waals surface area (Å²) >= 11 is 0. The highest BCUT2D eigenvalue weighted by Gasteiger charge is 2.33. The van der Waals surface area contributed by atoms with E-state index in [-0.39, 0.29) is 30.3 Å². The lowest BCUT2D eigenvalue weighted by Gasteiger charge is -2.37. The van der Waals surface area contributed by atoms with Crippen LogP contribution in [0.15, 0.2) is 24.3 Å². The Hall–Kier alpha value is -1.26. The van der Waals surface area contributed by atoms with Gasteiger partial charge in [-0.2, -0.15) is 0 Å². The molecule has 0 aliphatic carbocycles. The molecule has 5 heteroatoms. The van der Waals surface area contributed by atoms with E-state index >= 15 is 0 Å². The molecule has 2 aliphatic heterocycles. The molecule has 1 aromatic rings. The fourth-order valence-corrected chi connectivity index (χ4v) is 2.97. The van der Waals surface area contributed by atoms with Crippen LogP contribution >= 0.6 is 12.4 Å². The Balaban J connectivity index is 0.00000147. The van der Waals surface area contributed by atoms with Crippen LogP contribution in [0.3, 0.4) is 0 Å². The molecule has 1 unspecified atom stereocenters. The van der Waals surface area contributed by atoms with Gasteiger partial charge in [-0.25, -0.2) is 0 Å². The van der Waals surface area contributed by atoms with Gasteiger partial charge in [-0.1, -0.05) is 18.2 Å². The molecule has 0 spiro atoms. The van der Waals surface area contributed by atoms with E-state index in [2.05, 4.69) is 12.2 Å². The number of amides is 1. The minimum Gasteiger partial charge on any atom is -0.493 e. The van der Waals surface area contributed by atoms with E-state index in [1.165, 1.54) is 0 Å². The van der Waals surface area contributed by atoms with Gasteiger partial charge in [-0.05, 0) is 19.4 Å². The highest BCUT2D eigenvalue weighted by atomic mass is 35.5. The zero-order valence-corrected chi connectivity index (χ0v) is 12.5. The Labute approximate surface area is 125 Å². The van der Waals surface area contributed by atoms with Crippen molar-refractivity contribution in [2.24, 2.45) is 0 Å². The van der Waals surface area contributed by atoms with Gasteiger partial charge in [0.25, 0.3) is 0 Å². The fourth-order valence-electron chi connectivity index (χ4n) is 2.97. The molecule has 4 nitrogen and oxygen atoms in total. The van der Waals surface area contributed by atoms with E-state index in [9.17, 15) is 4.79 Å². The number of fused-ring (bicyclic) bond motifs is 1. The monoisotopic (exact) mass is 296 g/mol. The Bertz CT molecular complexity index is 481. The number of halogens is 1. The maximum atomic E-state index is 12.8. The third kappa shape index (κ3) is 2.76. The molecule has 2 atom stereocenters. The largest absolute Gasteiger partial charge is 0.493 e. The first-order valence-corrected chi connectivity index (χ1v) is 7.00. The molecule has 2 aliphatic rings. The first-order chi connectivity index (χ1) is 9.27. The highest BCUT2D eigenvalue weighted by molar-refractivity contribution is 5.85. The first-order valence-electron chi connectivity index (χ1n) is 7.00. The Morgan fingerprint density at radius 2 is 2.20 bits per heavy atom. The average molecular weight is 297 g/mol. The van der Waals surface area contributed by atoms with E-state index in [4.69, 9.17) is 4.74 Å². The number of ether oxygens (including phenoxy) is 1. The van der Waals surface area contributed by atoms with Gasteiger partial charge in [-0.15, -0.1) is 12.4 Å². The summed E-state index contributed by atoms with van der Waals surface area (Å²) in [6.45, 7) is 5.32. The van der Waals surface area contributed by atoms with Crippen molar-refractivity contribution in [3.8, 4) is 5.75 Å². The average Bonchev–Trinajstić information content (AvgIpc) is 2.46. The normalized spacial score (nSPS) is 25.1. The van der Waals surface area contributed by atoms with Gasteiger partial charge in [0.05, 0.1) is 12.5 Å². The third-order valence-corrected chi connectivity index (χ3v) is 4.04. The van der Waals surface area contributed by atoms with Crippen molar-refractivity contribution in [3.05, 3.63) is 29.8 Å². The van der Waals surface area contributed by atoms with Crippen molar-refractivity contribution in [2.75, 3.05) is 26.2 Å². The summed E-state index contributed by atoms with van der Waals surface area (Å²) < 4.78 is 5.63. The maximum absolute atomic E-state index is 12.8. The van der Waals surface area contributed by atoms with Crippen LogP contribution < -0.4 is 10.1 Å². The van der Waals surface area contributed by atoms with Crippen LogP contribution in [-0.2, 0) is 4.79 Å². The van der Waals surface area contributed by atoms with Crippen LogP contribution in [0.1, 0.15) is 24.8 Å². The number of para-hydroxylation sites is 1. The smallest absolute Gasteiger partial charge is 0.230 e. The lowest BCUT2D eigenvalue weighted by molar-refractivity contribution is -0.136. The molecule has 1 fully saturated rings. The van der Waals surface area contributed by atoms with Crippen molar-refractivity contribution >= 4 is 18.3 Å². The molecular formula is C15H21ClN2O2. The number of benzene rings is 1. The topological polar surface area (TPSA) is 41.6 Å². The second-order valence-electron chi connectivity index (χ2n) is 5.31. The molecule has 1 N–H and O–H groups in total. The summed E-state index contributed by atoms with van der Waals surface area (Å²) in [5.41, 5.74) is 1.05. The van der Waals surface area contributed by atoms with Crippen LogP contribution in [0, 0.1) is 0 Å². The molecule has 20 heavy (non-hydrogen) atoms. The molecule has 3 rings (SSSR count). The van der Waals surface area contributed by atoms with Crippen molar-refractivity contribution in [2.45, 2.75) is 25.3 Å². The number of piperazine rings is 1. The van der Waals surface area contributed by atoms with Crippen LogP contribution in [0.25, 0.3) is 0 Å². The van der Waals surface area contributed by atoms with Gasteiger partial charge in [0.15, 0.2) is 0 Å². The molecule has 2 heterocycles. The lowest BCUT2D eigenvalue weighted by atomic mass is 9.91. The predicted molar refractivity (Wildman–Crippen MR) is 80.6 cm³/mol. The van der Waals surface area contributed by atoms with Crippen LogP contribution in [0.5, 0.6) is 5.75 Å². The standard InChI is InChI=1S/C15H20N2O2.ClH/c1-11-10-16-7-8-17(11)15(18)13-6-9-19-14-5-3-2-4-12(13)14;/h2-5,11,13,16H,6-10H2,1H3;1H/t11-,13?;/m0./s1. The van der Waals surface area contributed by atoms with Gasteiger partial charge < -0.3 is 15.0 Å². The Kier molecular flexibility index (Phi) is 4.89. The fraction of sp³-hybridized carbons (Fsp3) is 0.533. The number of nitrogens with one attached hydrogen (secondary N) is 1. The predicted octanol–water partition coefficient (Wildman–Crippen LogP) is 1.79. The number of carbonyl (C=O) groups excluding carboxylic acids is 1. The SMILES string of the molecule is C[C@H]1CNCCN1C(=O)C1CCOc2ccccc21.Cl. The van der Waals surface area contributed by atoms with Gasteiger partial charge >= 0.3 is 0 Å². The molecular weight excluding hydrogens is 276 g/mol. The van der Waals surface area contributed by atoms with Gasteiger partial charge in [-0.3, -0.25) is 4.79 Å². The molecule has 0 radical (unpaired) electrons. The summed E-state index contributed by atoms with van der Waals surface area (Å²) in [5.74, 6) is 1.09. The summed E-state index contributed by atoms with van der Waals surface area (Å²) in [7, 11) is 0. The number of hydrogen-bond acceptors (Lipinski definition) is 3. The zero-order chi connectivity index (χ0) is 13.2. The van der Waals surface area contributed by atoms with Crippen LogP contribution in [0.4, 0.5) is 0 Å². The molecule has 1 aromatic carbocycles. The quantitative estimate of drug-likeness (QED) is 0.859. The maximum Gasteiger partial charge on any atom is 0.230 e. The number of carbonyl (C=O) groups is 1. The van der Waals surface area contributed by atoms with Crippen molar-refractivity contribution in [1.29, 1.82) is 0 Å². The number of nitrogens with zero attached hydrogens (tertiary/aromatic N) is 1. The molecule has 1 saturated heterocycles. The molecule has 0 aromatic heterocycles. The second-order valence-corrected chi connectivity index (χ2v) is 5.31. The third-order valence-electron chi connectivity index (χ3n) is 4.04. The molecule has 0 bridgehead atoms. The summed E-state index contributed by atoms with van der Waals surface area (Å²) in [4.78, 5) is 14.8. The minimum absolute atomic E-state index is 0. The van der Waals surface area contributed by atoms with Gasteiger partial charge in [0.2, 0.25) is 5.91 Å². The lowest BCUT2D eigenvalue weighted by Crippen LogP contribution is -2.53. The van der Waals surface area contributed by atoms with Crippen LogP contribution in [0.2, 0.25) is 0 Å². The van der Waals surface area contributed by atoms with Gasteiger partial charge in [0, 0.05) is 31.2 Å². The summed E-state index contributed by atoms with van der Waals surface area (Å²) in [6, 6.07) is 8.19. The van der Waals surface area contributed by atoms with Crippen LogP contribution in [-0.4, -0.2) is 43.1 Å². The van der Waals surface area contributed by atoms with Crippen molar-refractivity contribution < 1.29 is 9.53 Å². The minimum atomic E-state index is -0.0366. The van der Waals surface area contributed by atoms with E-state index in [1.54, 1.807) is 0 Å². The highest BCUT2D eigenvalue weighted by Crippen LogP contribution is 2.34. The number of hydrogen-bond donors (Lipinski definition) is 1. The van der Waals surface area contributed by atoms with Gasteiger partial charge in [0.1, 0.15) is 5.75 Å². The van der Waals surface area contributed by atoms with E-state index < -0.39 is 0 Å². The van der Waals surface area contributed by atoms with E-state index in [1.807, 2.05) is 29.2 Å². The Morgan fingerprint density at radius 1 is 1.40 bits per heavy atom.